The minimum atomic E-state index is -0.657. The van der Waals surface area contributed by atoms with Gasteiger partial charge in [0.2, 0.25) is 11.6 Å². The van der Waals surface area contributed by atoms with Crippen molar-refractivity contribution in [1.82, 2.24) is 30.7 Å². The molecule has 168 valence electrons. The number of hydrogen-bond acceptors (Lipinski definition) is 11. The first kappa shape index (κ1) is 21.2. The third kappa shape index (κ3) is 4.53. The highest BCUT2D eigenvalue weighted by atomic mass is 16.6. The highest BCUT2D eigenvalue weighted by molar-refractivity contribution is 5.98. The van der Waals surface area contributed by atoms with Crippen molar-refractivity contribution in [2.75, 3.05) is 11.1 Å². The van der Waals surface area contributed by atoms with Crippen molar-refractivity contribution in [2.45, 2.75) is 13.5 Å². The van der Waals surface area contributed by atoms with Gasteiger partial charge in [-0.15, -0.1) is 5.10 Å². The lowest BCUT2D eigenvalue weighted by atomic mass is 10.1. The second kappa shape index (κ2) is 9.01. The van der Waals surface area contributed by atoms with Crippen LogP contribution in [0.2, 0.25) is 0 Å². The average molecular weight is 450 g/mol. The molecule has 0 aliphatic rings. The van der Waals surface area contributed by atoms with Crippen LogP contribution in [0.15, 0.2) is 50.5 Å². The Labute approximate surface area is 185 Å². The summed E-state index contributed by atoms with van der Waals surface area (Å²) in [7, 11) is 0. The van der Waals surface area contributed by atoms with E-state index in [1.807, 2.05) is 0 Å². The number of hydrazone groups is 1. The second-order valence-electron chi connectivity index (χ2n) is 6.68. The first-order valence-corrected chi connectivity index (χ1v) is 9.49. The summed E-state index contributed by atoms with van der Waals surface area (Å²) in [5, 5.41) is 22.0. The van der Waals surface area contributed by atoms with Crippen molar-refractivity contribution in [1.29, 1.82) is 0 Å². The number of nitrogens with two attached hydrogens (primary N) is 2. The Balaban J connectivity index is 1.61. The number of rotatable bonds is 8. The molecule has 4 aromatic rings. The zero-order chi connectivity index (χ0) is 23.4. The molecule has 0 unspecified atom stereocenters. The highest BCUT2D eigenvalue weighted by Crippen LogP contribution is 2.19. The van der Waals surface area contributed by atoms with E-state index < -0.39 is 11.8 Å². The maximum absolute atomic E-state index is 12.8. The number of aromatic nitrogens is 5. The van der Waals surface area contributed by atoms with E-state index in [1.54, 1.807) is 43.3 Å². The van der Waals surface area contributed by atoms with Crippen LogP contribution in [0.3, 0.4) is 0 Å². The number of hydrogen-bond donors (Lipinski definition) is 4. The lowest BCUT2D eigenvalue weighted by molar-refractivity contribution is 0.0947. The fourth-order valence-corrected chi connectivity index (χ4v) is 2.91. The number of para-hydroxylation sites is 1. The van der Waals surface area contributed by atoms with Crippen LogP contribution < -0.4 is 22.2 Å². The molecule has 14 heteroatoms. The Morgan fingerprint density at radius 3 is 2.73 bits per heavy atom. The van der Waals surface area contributed by atoms with Crippen LogP contribution in [-0.2, 0) is 6.54 Å². The van der Waals surface area contributed by atoms with Gasteiger partial charge >= 0.3 is 0 Å². The van der Waals surface area contributed by atoms with E-state index in [0.29, 0.717) is 17.2 Å². The van der Waals surface area contributed by atoms with Crippen LogP contribution >= 0.6 is 0 Å². The lowest BCUT2D eigenvalue weighted by Crippen LogP contribution is -2.22. The van der Waals surface area contributed by atoms with Gasteiger partial charge in [-0.05, 0) is 41.5 Å². The molecule has 0 atom stereocenters. The molecule has 33 heavy (non-hydrogen) atoms. The van der Waals surface area contributed by atoms with Crippen molar-refractivity contribution in [2.24, 2.45) is 10.8 Å². The molecule has 0 saturated carbocycles. The largest absolute Gasteiger partial charge is 0.460 e. The van der Waals surface area contributed by atoms with Gasteiger partial charge in [-0.25, -0.2) is 10.1 Å². The fraction of sp³-hybridized carbons (Fsp3) is 0.105. The molecule has 0 radical (unpaired) electrons. The number of nitrogens with one attached hydrogen (secondary N) is 2. The van der Waals surface area contributed by atoms with Gasteiger partial charge in [0.1, 0.15) is 11.5 Å². The summed E-state index contributed by atoms with van der Waals surface area (Å²) in [6, 6.07) is 10.1. The SMILES string of the molecule is Cc1ccc(/C=N\NC(=O)c2nnn(-c3nonc3N)c2CNc2ccccc2C(N)=O)o1. The van der Waals surface area contributed by atoms with Gasteiger partial charge in [-0.1, -0.05) is 17.3 Å². The number of benzene rings is 1. The van der Waals surface area contributed by atoms with Gasteiger partial charge < -0.3 is 21.2 Å². The number of aryl methyl sites for hydroxylation is 1. The standard InChI is InChI=1S/C19H18N10O4/c1-10-6-7-11(32-10)8-23-25-19(31)15-14(29(28-24-15)18-16(20)26-33-27-18)9-22-13-5-3-2-4-12(13)17(21)30/h2-8,22H,9H2,1H3,(H2,20,26)(H2,21,30)(H,25,31)/b23-8-. The number of primary amides is 1. The maximum atomic E-state index is 12.8. The number of carbonyl (C=O) groups excluding carboxylic acids is 2. The minimum absolute atomic E-state index is 0.00651. The normalized spacial score (nSPS) is 11.1. The Morgan fingerprint density at radius 2 is 2.03 bits per heavy atom. The molecule has 3 aromatic heterocycles. The predicted octanol–water partition coefficient (Wildman–Crippen LogP) is 0.609. The van der Waals surface area contributed by atoms with Crippen molar-refractivity contribution in [3.8, 4) is 5.82 Å². The summed E-state index contributed by atoms with van der Waals surface area (Å²) in [4.78, 5) is 24.5. The molecular weight excluding hydrogens is 432 g/mol. The summed E-state index contributed by atoms with van der Waals surface area (Å²) in [6.07, 6.45) is 1.34. The van der Waals surface area contributed by atoms with E-state index in [4.69, 9.17) is 15.9 Å². The minimum Gasteiger partial charge on any atom is -0.460 e. The smallest absolute Gasteiger partial charge is 0.293 e. The van der Waals surface area contributed by atoms with Crippen LogP contribution in [0.1, 0.15) is 38.1 Å². The highest BCUT2D eigenvalue weighted by Gasteiger charge is 2.24. The fourth-order valence-electron chi connectivity index (χ4n) is 2.91. The molecule has 0 aliphatic heterocycles. The van der Waals surface area contributed by atoms with Crippen LogP contribution in [0.4, 0.5) is 11.5 Å². The Hall–Kier alpha value is -5.01. The monoisotopic (exact) mass is 450 g/mol. The lowest BCUT2D eigenvalue weighted by Gasteiger charge is -2.11. The predicted molar refractivity (Wildman–Crippen MR) is 114 cm³/mol. The van der Waals surface area contributed by atoms with Gasteiger partial charge in [-0.3, -0.25) is 9.59 Å². The number of carbonyl (C=O) groups is 2. The first-order valence-electron chi connectivity index (χ1n) is 9.49. The van der Waals surface area contributed by atoms with Crippen molar-refractivity contribution >= 4 is 29.5 Å². The van der Waals surface area contributed by atoms with Crippen molar-refractivity contribution < 1.29 is 18.6 Å². The number of furan rings is 1. The van der Waals surface area contributed by atoms with E-state index in [-0.39, 0.29) is 35.1 Å². The molecule has 4 rings (SSSR count). The molecule has 0 spiro atoms. The molecule has 0 bridgehead atoms. The molecule has 3 heterocycles. The topological polar surface area (TPSA) is 205 Å². The van der Waals surface area contributed by atoms with Gasteiger partial charge in [0.15, 0.2) is 5.69 Å². The molecule has 0 aliphatic carbocycles. The summed E-state index contributed by atoms with van der Waals surface area (Å²) in [5.74, 6) is -0.129. The van der Waals surface area contributed by atoms with E-state index >= 15 is 0 Å². The Kier molecular flexibility index (Phi) is 5.79. The third-order valence-electron chi connectivity index (χ3n) is 4.43. The quantitative estimate of drug-likeness (QED) is 0.217. The van der Waals surface area contributed by atoms with Crippen LogP contribution in [-0.4, -0.2) is 43.3 Å². The average Bonchev–Trinajstić information content (AvgIpc) is 3.52. The number of anilines is 2. The molecular formula is C19H18N10O4. The van der Waals surface area contributed by atoms with Gasteiger partial charge in [0.25, 0.3) is 11.8 Å². The number of nitrogens with zero attached hydrogens (tertiary/aromatic N) is 6. The van der Waals surface area contributed by atoms with E-state index in [0.717, 1.165) is 0 Å². The summed E-state index contributed by atoms with van der Waals surface area (Å²) < 4.78 is 11.2. The Morgan fingerprint density at radius 1 is 1.21 bits per heavy atom. The molecule has 0 saturated heterocycles. The second-order valence-corrected chi connectivity index (χ2v) is 6.68. The summed E-state index contributed by atoms with van der Waals surface area (Å²) in [6.45, 7) is 1.78. The summed E-state index contributed by atoms with van der Waals surface area (Å²) >= 11 is 0. The van der Waals surface area contributed by atoms with Gasteiger partial charge in [0, 0.05) is 5.69 Å². The molecule has 6 N–H and O–H groups in total. The zero-order valence-corrected chi connectivity index (χ0v) is 17.2. The first-order chi connectivity index (χ1) is 15.9. The third-order valence-corrected chi connectivity index (χ3v) is 4.43. The van der Waals surface area contributed by atoms with Gasteiger partial charge in [-0.2, -0.15) is 9.78 Å². The Bertz CT molecular complexity index is 1340. The van der Waals surface area contributed by atoms with Gasteiger partial charge in [0.05, 0.1) is 24.0 Å². The van der Waals surface area contributed by atoms with Crippen LogP contribution in [0.5, 0.6) is 0 Å². The maximum Gasteiger partial charge on any atom is 0.293 e. The summed E-state index contributed by atoms with van der Waals surface area (Å²) in [5.41, 5.74) is 14.4. The van der Waals surface area contributed by atoms with E-state index in [2.05, 4.69) is 41.1 Å². The molecule has 14 nitrogen and oxygen atoms in total. The van der Waals surface area contributed by atoms with Crippen molar-refractivity contribution in [3.05, 3.63) is 64.9 Å². The number of amides is 2. The van der Waals surface area contributed by atoms with Crippen molar-refractivity contribution in [3.63, 3.8) is 0 Å². The van der Waals surface area contributed by atoms with Crippen LogP contribution in [0.25, 0.3) is 5.82 Å². The van der Waals surface area contributed by atoms with Crippen LogP contribution in [0, 0.1) is 6.92 Å². The number of nitrogen functional groups attached to an aromatic ring is 1. The van der Waals surface area contributed by atoms with E-state index in [1.165, 1.54) is 10.9 Å². The zero-order valence-electron chi connectivity index (χ0n) is 17.2. The molecule has 2 amide bonds. The van der Waals surface area contributed by atoms with E-state index in [9.17, 15) is 9.59 Å². The molecule has 1 aromatic carbocycles. The molecule has 0 fully saturated rings.